The maximum Gasteiger partial charge on any atom is 0.141 e. The van der Waals surface area contributed by atoms with Gasteiger partial charge in [-0.25, -0.2) is 0 Å². The normalized spacial score (nSPS) is 10.5. The average Bonchev–Trinajstić information content (AvgIpc) is 2.36. The van der Waals surface area contributed by atoms with Gasteiger partial charge in [0.15, 0.2) is 0 Å². The second kappa shape index (κ2) is 6.42. The van der Waals surface area contributed by atoms with Gasteiger partial charge in [-0.15, -0.1) is 0 Å². The van der Waals surface area contributed by atoms with Gasteiger partial charge >= 0.3 is 0 Å². The minimum Gasteiger partial charge on any atom is -0.456 e. The van der Waals surface area contributed by atoms with Crippen molar-refractivity contribution in [2.75, 3.05) is 7.05 Å². The second-order valence-corrected chi connectivity index (χ2v) is 5.60. The van der Waals surface area contributed by atoms with E-state index in [1.807, 2.05) is 44.3 Å². The Hall–Kier alpha value is -1.03. The van der Waals surface area contributed by atoms with Crippen LogP contribution < -0.4 is 10.1 Å². The van der Waals surface area contributed by atoms with Crippen LogP contribution in [0.5, 0.6) is 11.5 Å². The smallest absolute Gasteiger partial charge is 0.141 e. The zero-order chi connectivity index (χ0) is 13.8. The lowest BCUT2D eigenvalue weighted by molar-refractivity contribution is 0.475. The molecule has 0 bridgehead atoms. The van der Waals surface area contributed by atoms with Crippen molar-refractivity contribution in [3.8, 4) is 11.5 Å². The first-order valence-electron chi connectivity index (χ1n) is 5.97. The van der Waals surface area contributed by atoms with Crippen LogP contribution in [0.2, 0.25) is 5.02 Å². The highest BCUT2D eigenvalue weighted by Crippen LogP contribution is 2.32. The standard InChI is InChI=1S/C15H15BrClNO/c1-10-7-12(17)4-6-14(10)19-15-5-3-11(9-18-2)8-13(15)16/h3-8,18H,9H2,1-2H3. The molecule has 0 aliphatic rings. The highest BCUT2D eigenvalue weighted by Gasteiger charge is 2.06. The Labute approximate surface area is 126 Å². The summed E-state index contributed by atoms with van der Waals surface area (Å²) in [7, 11) is 1.93. The molecule has 0 aliphatic heterocycles. The summed E-state index contributed by atoms with van der Waals surface area (Å²) in [5, 5.41) is 3.84. The maximum absolute atomic E-state index is 5.93. The number of aryl methyl sites for hydroxylation is 1. The van der Waals surface area contributed by atoms with Gasteiger partial charge in [0, 0.05) is 11.6 Å². The van der Waals surface area contributed by atoms with Crippen molar-refractivity contribution in [3.05, 3.63) is 57.0 Å². The summed E-state index contributed by atoms with van der Waals surface area (Å²) in [6.07, 6.45) is 0. The van der Waals surface area contributed by atoms with Gasteiger partial charge in [0.2, 0.25) is 0 Å². The van der Waals surface area contributed by atoms with Gasteiger partial charge in [0.05, 0.1) is 4.47 Å². The van der Waals surface area contributed by atoms with E-state index in [2.05, 4.69) is 27.3 Å². The van der Waals surface area contributed by atoms with E-state index in [-0.39, 0.29) is 0 Å². The zero-order valence-electron chi connectivity index (χ0n) is 10.8. The van der Waals surface area contributed by atoms with Crippen LogP contribution in [0.15, 0.2) is 40.9 Å². The first-order valence-corrected chi connectivity index (χ1v) is 7.14. The van der Waals surface area contributed by atoms with E-state index >= 15 is 0 Å². The predicted octanol–water partition coefficient (Wildman–Crippen LogP) is 4.92. The maximum atomic E-state index is 5.93. The fourth-order valence-electron chi connectivity index (χ4n) is 1.79. The highest BCUT2D eigenvalue weighted by molar-refractivity contribution is 9.10. The minimum absolute atomic E-state index is 0.716. The van der Waals surface area contributed by atoms with Crippen LogP contribution >= 0.6 is 27.5 Å². The van der Waals surface area contributed by atoms with Crippen molar-refractivity contribution < 1.29 is 4.74 Å². The van der Waals surface area contributed by atoms with E-state index in [0.29, 0.717) is 5.02 Å². The first-order chi connectivity index (χ1) is 9.10. The molecular weight excluding hydrogens is 326 g/mol. The highest BCUT2D eigenvalue weighted by atomic mass is 79.9. The Kier molecular flexibility index (Phi) is 4.86. The third-order valence-corrected chi connectivity index (χ3v) is 3.59. The molecule has 19 heavy (non-hydrogen) atoms. The van der Waals surface area contributed by atoms with Crippen LogP contribution in [-0.2, 0) is 6.54 Å². The van der Waals surface area contributed by atoms with E-state index in [0.717, 1.165) is 28.1 Å². The molecule has 0 amide bonds. The lowest BCUT2D eigenvalue weighted by Gasteiger charge is -2.11. The van der Waals surface area contributed by atoms with E-state index in [1.165, 1.54) is 5.56 Å². The largest absolute Gasteiger partial charge is 0.456 e. The Balaban J connectivity index is 2.23. The van der Waals surface area contributed by atoms with Gasteiger partial charge in [-0.05, 0) is 71.4 Å². The number of ether oxygens (including phenoxy) is 1. The molecule has 0 fully saturated rings. The molecule has 2 aromatic carbocycles. The molecule has 0 aliphatic carbocycles. The topological polar surface area (TPSA) is 21.3 Å². The van der Waals surface area contributed by atoms with E-state index in [9.17, 15) is 0 Å². The van der Waals surface area contributed by atoms with Crippen LogP contribution in [0.25, 0.3) is 0 Å². The van der Waals surface area contributed by atoms with Crippen molar-refractivity contribution in [3.63, 3.8) is 0 Å². The molecule has 0 radical (unpaired) electrons. The molecule has 2 nitrogen and oxygen atoms in total. The molecule has 1 N–H and O–H groups in total. The summed E-state index contributed by atoms with van der Waals surface area (Å²) >= 11 is 9.47. The molecular formula is C15H15BrClNO. The summed E-state index contributed by atoms with van der Waals surface area (Å²) in [6.45, 7) is 2.81. The van der Waals surface area contributed by atoms with Crippen molar-refractivity contribution >= 4 is 27.5 Å². The first kappa shape index (κ1) is 14.4. The summed E-state index contributed by atoms with van der Waals surface area (Å²) in [4.78, 5) is 0. The number of nitrogens with one attached hydrogen (secondary N) is 1. The SMILES string of the molecule is CNCc1ccc(Oc2ccc(Cl)cc2C)c(Br)c1. The quantitative estimate of drug-likeness (QED) is 0.852. The van der Waals surface area contributed by atoms with Crippen LogP contribution in [0.3, 0.4) is 0 Å². The lowest BCUT2D eigenvalue weighted by Crippen LogP contribution is -2.04. The predicted molar refractivity (Wildman–Crippen MR) is 83.2 cm³/mol. The van der Waals surface area contributed by atoms with Crippen LogP contribution in [0.1, 0.15) is 11.1 Å². The number of benzene rings is 2. The Bertz CT molecular complexity index is 586. The van der Waals surface area contributed by atoms with Crippen molar-refractivity contribution in [2.24, 2.45) is 0 Å². The Morgan fingerprint density at radius 2 is 1.89 bits per heavy atom. The fraction of sp³-hybridized carbons (Fsp3) is 0.200. The number of hydrogen-bond acceptors (Lipinski definition) is 2. The summed E-state index contributed by atoms with van der Waals surface area (Å²) < 4.78 is 6.84. The molecule has 2 aromatic rings. The molecule has 0 saturated heterocycles. The molecule has 0 atom stereocenters. The van der Waals surface area contributed by atoms with Crippen LogP contribution in [-0.4, -0.2) is 7.05 Å². The number of rotatable bonds is 4. The van der Waals surface area contributed by atoms with E-state index in [4.69, 9.17) is 16.3 Å². The number of halogens is 2. The van der Waals surface area contributed by atoms with Gasteiger partial charge in [-0.3, -0.25) is 0 Å². The third-order valence-electron chi connectivity index (χ3n) is 2.73. The van der Waals surface area contributed by atoms with Gasteiger partial charge in [0.1, 0.15) is 11.5 Å². The molecule has 0 heterocycles. The third kappa shape index (κ3) is 3.72. The van der Waals surface area contributed by atoms with E-state index < -0.39 is 0 Å². The summed E-state index contributed by atoms with van der Waals surface area (Å²) in [5.74, 6) is 1.61. The van der Waals surface area contributed by atoms with Gasteiger partial charge in [-0.2, -0.15) is 0 Å². The van der Waals surface area contributed by atoms with Crippen molar-refractivity contribution in [2.45, 2.75) is 13.5 Å². The molecule has 4 heteroatoms. The molecule has 0 aromatic heterocycles. The zero-order valence-corrected chi connectivity index (χ0v) is 13.2. The van der Waals surface area contributed by atoms with Gasteiger partial charge in [0.25, 0.3) is 0 Å². The summed E-state index contributed by atoms with van der Waals surface area (Å²) in [6, 6.07) is 11.7. The lowest BCUT2D eigenvalue weighted by atomic mass is 10.2. The molecule has 2 rings (SSSR count). The second-order valence-electron chi connectivity index (χ2n) is 4.31. The molecule has 0 spiro atoms. The molecule has 100 valence electrons. The Morgan fingerprint density at radius 3 is 2.53 bits per heavy atom. The minimum atomic E-state index is 0.716. The Morgan fingerprint density at radius 1 is 1.16 bits per heavy atom. The van der Waals surface area contributed by atoms with Gasteiger partial charge < -0.3 is 10.1 Å². The average molecular weight is 341 g/mol. The van der Waals surface area contributed by atoms with Crippen molar-refractivity contribution in [1.29, 1.82) is 0 Å². The van der Waals surface area contributed by atoms with Crippen LogP contribution in [0, 0.1) is 6.92 Å². The molecule has 0 saturated carbocycles. The number of hydrogen-bond donors (Lipinski definition) is 1. The summed E-state index contributed by atoms with van der Waals surface area (Å²) in [5.41, 5.74) is 2.22. The van der Waals surface area contributed by atoms with E-state index in [1.54, 1.807) is 0 Å². The van der Waals surface area contributed by atoms with Crippen molar-refractivity contribution in [1.82, 2.24) is 5.32 Å². The monoisotopic (exact) mass is 339 g/mol. The van der Waals surface area contributed by atoms with Gasteiger partial charge in [-0.1, -0.05) is 17.7 Å². The molecule has 0 unspecified atom stereocenters. The fourth-order valence-corrected chi connectivity index (χ4v) is 2.52. The van der Waals surface area contributed by atoms with Crippen LogP contribution in [0.4, 0.5) is 0 Å².